The van der Waals surface area contributed by atoms with E-state index in [1.165, 1.54) is 30.7 Å². The Kier molecular flexibility index (Phi) is 8.93. The number of carbonyl (C=O) groups is 1. The molecule has 7 nitrogen and oxygen atoms in total. The second-order valence-corrected chi connectivity index (χ2v) is 8.47. The van der Waals surface area contributed by atoms with Crippen molar-refractivity contribution >= 4 is 11.7 Å². The fourth-order valence-electron chi connectivity index (χ4n) is 4.02. The molecule has 2 aromatic heterocycles. The van der Waals surface area contributed by atoms with Gasteiger partial charge in [-0.05, 0) is 46.9 Å². The number of nitrogens with one attached hydrogen (secondary N) is 1. The summed E-state index contributed by atoms with van der Waals surface area (Å²) in [7, 11) is 0. The van der Waals surface area contributed by atoms with Crippen molar-refractivity contribution < 1.29 is 36.6 Å². The lowest BCUT2D eigenvalue weighted by Crippen LogP contribution is -2.24. The van der Waals surface area contributed by atoms with Crippen LogP contribution in [0.3, 0.4) is 0 Å². The molecule has 39 heavy (non-hydrogen) atoms. The number of ether oxygens (including phenoxy) is 2. The van der Waals surface area contributed by atoms with Gasteiger partial charge in [-0.1, -0.05) is 42.5 Å². The molecule has 0 saturated heterocycles. The van der Waals surface area contributed by atoms with E-state index in [1.54, 1.807) is 24.3 Å². The lowest BCUT2D eigenvalue weighted by Gasteiger charge is -2.20. The summed E-state index contributed by atoms with van der Waals surface area (Å²) in [6.45, 7) is -6.50. The van der Waals surface area contributed by atoms with Crippen molar-refractivity contribution in [2.45, 2.75) is 32.0 Å². The predicted molar refractivity (Wildman–Crippen MR) is 134 cm³/mol. The van der Waals surface area contributed by atoms with Gasteiger partial charge < -0.3 is 20.0 Å². The van der Waals surface area contributed by atoms with Crippen LogP contribution in [-0.4, -0.2) is 24.1 Å². The van der Waals surface area contributed by atoms with E-state index in [9.17, 15) is 27.6 Å². The first-order valence-corrected chi connectivity index (χ1v) is 11.8. The number of hydrogen-bond donors (Lipinski definition) is 1. The van der Waals surface area contributed by atoms with Crippen molar-refractivity contribution in [3.8, 4) is 11.5 Å². The van der Waals surface area contributed by atoms with Crippen molar-refractivity contribution in [3.63, 3.8) is 0 Å². The van der Waals surface area contributed by atoms with Crippen LogP contribution in [0.2, 0.25) is 0 Å². The molecule has 2 heterocycles. The molecule has 4 aromatic rings. The molecular formula is C28H23F4N3O4. The molecule has 1 atom stereocenters. The predicted octanol–water partition coefficient (Wildman–Crippen LogP) is 5.47. The van der Waals surface area contributed by atoms with Gasteiger partial charge in [0.15, 0.2) is 23.9 Å². The first-order chi connectivity index (χ1) is 18.8. The maximum atomic E-state index is 13.0. The summed E-state index contributed by atoms with van der Waals surface area (Å²) in [6, 6.07) is 19.5. The van der Waals surface area contributed by atoms with Crippen LogP contribution in [0.25, 0.3) is 0 Å². The highest BCUT2D eigenvalue weighted by atomic mass is 19.3. The van der Waals surface area contributed by atoms with E-state index < -0.39 is 30.6 Å². The van der Waals surface area contributed by atoms with Crippen molar-refractivity contribution in [2.75, 3.05) is 5.32 Å². The third kappa shape index (κ3) is 7.91. The van der Waals surface area contributed by atoms with Gasteiger partial charge in [-0.2, -0.15) is 22.3 Å². The fraction of sp³-hybridized carbons (Fsp3) is 0.179. The van der Waals surface area contributed by atoms with E-state index in [2.05, 4.69) is 19.8 Å². The van der Waals surface area contributed by atoms with Gasteiger partial charge in [-0.15, -0.1) is 0 Å². The molecule has 0 spiro atoms. The molecule has 0 aliphatic carbocycles. The molecule has 1 unspecified atom stereocenters. The number of pyridine rings is 2. The van der Waals surface area contributed by atoms with Crippen LogP contribution < -0.4 is 19.5 Å². The van der Waals surface area contributed by atoms with Gasteiger partial charge in [0.05, 0.1) is 6.42 Å². The number of rotatable bonds is 11. The number of amides is 1. The minimum absolute atomic E-state index is 0.167. The number of benzene rings is 2. The highest BCUT2D eigenvalue weighted by Gasteiger charge is 2.21. The zero-order chi connectivity index (χ0) is 27.8. The number of aromatic nitrogens is 2. The zero-order valence-electron chi connectivity index (χ0n) is 20.3. The summed E-state index contributed by atoms with van der Waals surface area (Å²) in [5.74, 6) is -1.52. The Labute approximate surface area is 221 Å². The Bertz CT molecular complexity index is 1370. The van der Waals surface area contributed by atoms with Crippen molar-refractivity contribution in [1.29, 1.82) is 0 Å². The van der Waals surface area contributed by atoms with E-state index in [4.69, 9.17) is 0 Å². The largest absolute Gasteiger partial charge is 0.619 e. The van der Waals surface area contributed by atoms with E-state index in [0.717, 1.165) is 17.2 Å². The molecule has 1 N–H and O–H groups in total. The van der Waals surface area contributed by atoms with Crippen LogP contribution in [0.15, 0.2) is 91.4 Å². The molecule has 202 valence electrons. The third-order valence-corrected chi connectivity index (χ3v) is 5.78. The van der Waals surface area contributed by atoms with Gasteiger partial charge in [-0.3, -0.25) is 4.79 Å². The Morgan fingerprint density at radius 3 is 2.15 bits per heavy atom. The van der Waals surface area contributed by atoms with Crippen LogP contribution >= 0.6 is 0 Å². The number of hydrogen-bond acceptors (Lipinski definition) is 5. The number of nitrogens with zero attached hydrogens (tertiary/aromatic N) is 2. The van der Waals surface area contributed by atoms with Crippen LogP contribution in [0, 0.1) is 5.21 Å². The van der Waals surface area contributed by atoms with Crippen LogP contribution in [0.1, 0.15) is 28.2 Å². The number of alkyl halides is 4. The quantitative estimate of drug-likeness (QED) is 0.155. The SMILES string of the molecule is O=C(Cc1ccccc1)Nc1ccc(C(Cc2cc[n+]([O-])cc2)c2ccc(OC(F)F)c(OC(F)F)c2)cn1. The smallest absolute Gasteiger partial charge is 0.387 e. The standard InChI is InChI=1S/C28H23F4N3O4/c29-27(30)38-23-8-6-20(16-24(23)39-28(31)32)22(14-19-10-12-35(37)13-11-19)21-7-9-25(33-17-21)34-26(36)15-18-4-2-1-3-5-18/h1-13,16-17,22,27-28H,14-15H2,(H,33,34,36). The van der Waals surface area contributed by atoms with E-state index >= 15 is 0 Å². The first kappa shape index (κ1) is 27.4. The Morgan fingerprint density at radius 2 is 1.51 bits per heavy atom. The summed E-state index contributed by atoms with van der Waals surface area (Å²) in [6.07, 6.45) is 4.64. The number of anilines is 1. The number of halogens is 4. The second kappa shape index (κ2) is 12.7. The van der Waals surface area contributed by atoms with E-state index in [-0.39, 0.29) is 12.3 Å². The van der Waals surface area contributed by atoms with Gasteiger partial charge in [0.2, 0.25) is 5.91 Å². The van der Waals surface area contributed by atoms with Gasteiger partial charge >= 0.3 is 13.2 Å². The van der Waals surface area contributed by atoms with E-state index in [1.807, 2.05) is 30.3 Å². The van der Waals surface area contributed by atoms with Crippen LogP contribution in [0.4, 0.5) is 23.4 Å². The fourth-order valence-corrected chi connectivity index (χ4v) is 4.02. The van der Waals surface area contributed by atoms with Gasteiger partial charge in [0, 0.05) is 24.2 Å². The molecule has 0 aliphatic heterocycles. The Morgan fingerprint density at radius 1 is 0.846 bits per heavy atom. The molecule has 0 aliphatic rings. The minimum atomic E-state index is -3.26. The summed E-state index contributed by atoms with van der Waals surface area (Å²) in [5, 5.41) is 14.2. The second-order valence-electron chi connectivity index (χ2n) is 8.47. The van der Waals surface area contributed by atoms with Gasteiger partial charge in [0.1, 0.15) is 5.82 Å². The monoisotopic (exact) mass is 541 g/mol. The third-order valence-electron chi connectivity index (χ3n) is 5.78. The zero-order valence-corrected chi connectivity index (χ0v) is 20.3. The topological polar surface area (TPSA) is 87.4 Å². The first-order valence-electron chi connectivity index (χ1n) is 11.8. The van der Waals surface area contributed by atoms with Crippen molar-refractivity contribution in [3.05, 3.63) is 119 Å². The minimum Gasteiger partial charge on any atom is -0.619 e. The summed E-state index contributed by atoms with van der Waals surface area (Å²) in [5.41, 5.74) is 2.68. The summed E-state index contributed by atoms with van der Waals surface area (Å²) >= 11 is 0. The van der Waals surface area contributed by atoms with Crippen LogP contribution in [0.5, 0.6) is 11.5 Å². The molecule has 1 amide bonds. The molecular weight excluding hydrogens is 518 g/mol. The molecule has 0 saturated carbocycles. The molecule has 0 fully saturated rings. The van der Waals surface area contributed by atoms with Crippen molar-refractivity contribution in [2.24, 2.45) is 0 Å². The lowest BCUT2D eigenvalue weighted by molar-refractivity contribution is -0.605. The Hall–Kier alpha value is -4.67. The highest BCUT2D eigenvalue weighted by Crippen LogP contribution is 2.37. The molecule has 11 heteroatoms. The lowest BCUT2D eigenvalue weighted by atomic mass is 9.87. The van der Waals surface area contributed by atoms with Gasteiger partial charge in [0.25, 0.3) is 0 Å². The summed E-state index contributed by atoms with van der Waals surface area (Å²) in [4.78, 5) is 16.7. The van der Waals surface area contributed by atoms with Gasteiger partial charge in [-0.25, -0.2) is 4.98 Å². The number of carbonyl (C=O) groups excluding carboxylic acids is 1. The maximum absolute atomic E-state index is 13.0. The average Bonchev–Trinajstić information content (AvgIpc) is 2.90. The normalized spacial score (nSPS) is 11.8. The highest BCUT2D eigenvalue weighted by molar-refractivity contribution is 5.91. The van der Waals surface area contributed by atoms with Crippen LogP contribution in [-0.2, 0) is 17.6 Å². The van der Waals surface area contributed by atoms with Crippen molar-refractivity contribution in [1.82, 2.24) is 4.98 Å². The summed E-state index contributed by atoms with van der Waals surface area (Å²) < 4.78 is 61.1. The molecule has 2 aromatic carbocycles. The molecule has 0 bridgehead atoms. The molecule has 4 rings (SSSR count). The maximum Gasteiger partial charge on any atom is 0.387 e. The Balaban J connectivity index is 1.61. The molecule has 0 radical (unpaired) electrons. The van der Waals surface area contributed by atoms with E-state index in [0.29, 0.717) is 28.1 Å². The average molecular weight is 542 g/mol.